The molecule has 0 fully saturated rings. The molecule has 5 nitrogen and oxygen atoms in total. The Morgan fingerprint density at radius 3 is 2.48 bits per heavy atom. The van der Waals surface area contributed by atoms with Crippen molar-refractivity contribution in [2.45, 2.75) is 20.8 Å². The van der Waals surface area contributed by atoms with E-state index in [2.05, 4.69) is 5.32 Å². The van der Waals surface area contributed by atoms with E-state index in [0.717, 1.165) is 16.7 Å². The lowest BCUT2D eigenvalue weighted by Gasteiger charge is -2.11. The molecule has 132 valence electrons. The standard InChI is InChI=1S/C19H20ClNO4/c1-12-4-5-14(3)17(8-12)24-11-19(23)25-10-18(22)21-16-9-15(20)7-6-13(16)2/h4-9H,10-11H2,1-3H3,(H,21,22). The van der Waals surface area contributed by atoms with Gasteiger partial charge in [-0.2, -0.15) is 0 Å². The van der Waals surface area contributed by atoms with Crippen molar-refractivity contribution in [3.8, 4) is 5.75 Å². The second kappa shape index (κ2) is 8.53. The van der Waals surface area contributed by atoms with Crippen LogP contribution in [0.3, 0.4) is 0 Å². The van der Waals surface area contributed by atoms with Crippen LogP contribution < -0.4 is 10.1 Å². The van der Waals surface area contributed by atoms with Gasteiger partial charge in [0.15, 0.2) is 13.2 Å². The Morgan fingerprint density at radius 2 is 1.72 bits per heavy atom. The van der Waals surface area contributed by atoms with Crippen LogP contribution in [-0.2, 0) is 14.3 Å². The first-order valence-corrected chi connectivity index (χ1v) is 8.14. The monoisotopic (exact) mass is 361 g/mol. The molecular weight excluding hydrogens is 342 g/mol. The highest BCUT2D eigenvalue weighted by Gasteiger charge is 2.11. The van der Waals surface area contributed by atoms with E-state index in [-0.39, 0.29) is 13.2 Å². The van der Waals surface area contributed by atoms with Crippen molar-refractivity contribution in [1.82, 2.24) is 0 Å². The SMILES string of the molecule is Cc1ccc(C)c(OCC(=O)OCC(=O)Nc2cc(Cl)ccc2C)c1. The molecule has 0 bridgehead atoms. The molecular formula is C19H20ClNO4. The summed E-state index contributed by atoms with van der Waals surface area (Å²) < 4.78 is 10.4. The fourth-order valence-electron chi connectivity index (χ4n) is 2.10. The van der Waals surface area contributed by atoms with Crippen LogP contribution in [0.2, 0.25) is 5.02 Å². The largest absolute Gasteiger partial charge is 0.482 e. The third kappa shape index (κ3) is 5.80. The van der Waals surface area contributed by atoms with Gasteiger partial charge in [-0.1, -0.05) is 29.8 Å². The van der Waals surface area contributed by atoms with Crippen LogP contribution in [0.25, 0.3) is 0 Å². The van der Waals surface area contributed by atoms with E-state index in [1.807, 2.05) is 39.0 Å². The summed E-state index contributed by atoms with van der Waals surface area (Å²) in [7, 11) is 0. The lowest BCUT2D eigenvalue weighted by molar-refractivity contribution is -0.149. The minimum atomic E-state index is -0.612. The number of carbonyl (C=O) groups is 2. The number of anilines is 1. The quantitative estimate of drug-likeness (QED) is 0.794. The summed E-state index contributed by atoms with van der Waals surface area (Å²) in [4.78, 5) is 23.6. The average molecular weight is 362 g/mol. The van der Waals surface area contributed by atoms with E-state index in [1.165, 1.54) is 0 Å². The number of benzene rings is 2. The van der Waals surface area contributed by atoms with Crippen LogP contribution in [0, 0.1) is 20.8 Å². The number of aryl methyl sites for hydroxylation is 3. The lowest BCUT2D eigenvalue weighted by Crippen LogP contribution is -2.24. The number of rotatable bonds is 6. The molecule has 2 aromatic carbocycles. The van der Waals surface area contributed by atoms with E-state index < -0.39 is 11.9 Å². The Labute approximate surface area is 151 Å². The molecule has 0 aliphatic heterocycles. The fourth-order valence-corrected chi connectivity index (χ4v) is 2.27. The number of halogens is 1. The van der Waals surface area contributed by atoms with Gasteiger partial charge in [0.2, 0.25) is 0 Å². The van der Waals surface area contributed by atoms with Crippen LogP contribution in [0.4, 0.5) is 5.69 Å². The molecule has 0 aliphatic rings. The van der Waals surface area contributed by atoms with Gasteiger partial charge in [0, 0.05) is 10.7 Å². The zero-order chi connectivity index (χ0) is 18.4. The summed E-state index contributed by atoms with van der Waals surface area (Å²) in [6.07, 6.45) is 0. The Kier molecular flexibility index (Phi) is 6.42. The molecule has 0 saturated heterocycles. The molecule has 1 N–H and O–H groups in total. The smallest absolute Gasteiger partial charge is 0.344 e. The highest BCUT2D eigenvalue weighted by atomic mass is 35.5. The fraction of sp³-hybridized carbons (Fsp3) is 0.263. The zero-order valence-corrected chi connectivity index (χ0v) is 15.1. The molecule has 0 atom stereocenters. The second-order valence-corrected chi connectivity index (χ2v) is 6.16. The van der Waals surface area contributed by atoms with Crippen molar-refractivity contribution in [3.63, 3.8) is 0 Å². The number of hydrogen-bond donors (Lipinski definition) is 1. The van der Waals surface area contributed by atoms with Gasteiger partial charge in [0.25, 0.3) is 5.91 Å². The first-order chi connectivity index (χ1) is 11.8. The van der Waals surface area contributed by atoms with E-state index in [0.29, 0.717) is 16.5 Å². The van der Waals surface area contributed by atoms with Crippen LogP contribution >= 0.6 is 11.6 Å². The Hall–Kier alpha value is -2.53. The summed E-state index contributed by atoms with van der Waals surface area (Å²) in [6.45, 7) is 5.03. The molecule has 0 aromatic heterocycles. The third-order valence-electron chi connectivity index (χ3n) is 3.53. The first kappa shape index (κ1) is 18.8. The maximum absolute atomic E-state index is 11.9. The van der Waals surface area contributed by atoms with Gasteiger partial charge in [0.05, 0.1) is 0 Å². The molecule has 0 radical (unpaired) electrons. The van der Waals surface area contributed by atoms with Crippen molar-refractivity contribution in [2.75, 3.05) is 18.5 Å². The van der Waals surface area contributed by atoms with E-state index in [4.69, 9.17) is 21.1 Å². The zero-order valence-electron chi connectivity index (χ0n) is 14.4. The van der Waals surface area contributed by atoms with Crippen molar-refractivity contribution >= 4 is 29.2 Å². The molecule has 1 amide bonds. The minimum Gasteiger partial charge on any atom is -0.482 e. The van der Waals surface area contributed by atoms with Crippen LogP contribution in [0.1, 0.15) is 16.7 Å². The highest BCUT2D eigenvalue weighted by Crippen LogP contribution is 2.20. The summed E-state index contributed by atoms with van der Waals surface area (Å²) in [5, 5.41) is 3.17. The van der Waals surface area contributed by atoms with Gasteiger partial charge in [0.1, 0.15) is 5.75 Å². The van der Waals surface area contributed by atoms with Gasteiger partial charge in [-0.15, -0.1) is 0 Å². The molecule has 6 heteroatoms. The number of nitrogens with one attached hydrogen (secondary N) is 1. The topological polar surface area (TPSA) is 64.6 Å². The molecule has 0 saturated carbocycles. The number of esters is 1. The number of ether oxygens (including phenoxy) is 2. The van der Waals surface area contributed by atoms with Gasteiger partial charge in [-0.05, 0) is 55.7 Å². The van der Waals surface area contributed by atoms with Crippen molar-refractivity contribution < 1.29 is 19.1 Å². The summed E-state index contributed by atoms with van der Waals surface area (Å²) in [5.41, 5.74) is 3.40. The minimum absolute atomic E-state index is 0.256. The van der Waals surface area contributed by atoms with Crippen molar-refractivity contribution in [1.29, 1.82) is 0 Å². The van der Waals surface area contributed by atoms with Gasteiger partial charge in [-0.3, -0.25) is 4.79 Å². The summed E-state index contributed by atoms with van der Waals surface area (Å²) in [6, 6.07) is 10.9. The molecule has 0 unspecified atom stereocenters. The third-order valence-corrected chi connectivity index (χ3v) is 3.76. The van der Waals surface area contributed by atoms with E-state index in [9.17, 15) is 9.59 Å². The number of hydrogen-bond acceptors (Lipinski definition) is 4. The second-order valence-electron chi connectivity index (χ2n) is 5.73. The van der Waals surface area contributed by atoms with Crippen LogP contribution in [0.15, 0.2) is 36.4 Å². The van der Waals surface area contributed by atoms with Crippen molar-refractivity contribution in [2.24, 2.45) is 0 Å². The van der Waals surface area contributed by atoms with E-state index >= 15 is 0 Å². The Bertz CT molecular complexity index is 789. The number of carbonyl (C=O) groups excluding carboxylic acids is 2. The lowest BCUT2D eigenvalue weighted by atomic mass is 10.1. The Morgan fingerprint density at radius 1 is 1.00 bits per heavy atom. The highest BCUT2D eigenvalue weighted by molar-refractivity contribution is 6.31. The Balaban J connectivity index is 1.80. The van der Waals surface area contributed by atoms with Gasteiger partial charge in [-0.25, -0.2) is 4.79 Å². The maximum atomic E-state index is 11.9. The molecule has 0 spiro atoms. The molecule has 2 rings (SSSR count). The molecule has 0 aliphatic carbocycles. The predicted molar refractivity (Wildman–Crippen MR) is 97.2 cm³/mol. The molecule has 25 heavy (non-hydrogen) atoms. The maximum Gasteiger partial charge on any atom is 0.344 e. The van der Waals surface area contributed by atoms with Crippen molar-refractivity contribution in [3.05, 3.63) is 58.1 Å². The van der Waals surface area contributed by atoms with E-state index in [1.54, 1.807) is 18.2 Å². The number of amides is 1. The van der Waals surface area contributed by atoms with Crippen LogP contribution in [-0.4, -0.2) is 25.1 Å². The first-order valence-electron chi connectivity index (χ1n) is 7.77. The summed E-state index contributed by atoms with van der Waals surface area (Å²) >= 11 is 5.90. The average Bonchev–Trinajstić information content (AvgIpc) is 2.57. The van der Waals surface area contributed by atoms with Crippen LogP contribution in [0.5, 0.6) is 5.75 Å². The summed E-state index contributed by atoms with van der Waals surface area (Å²) in [5.74, 6) is -0.430. The van der Waals surface area contributed by atoms with Gasteiger partial charge < -0.3 is 14.8 Å². The molecule has 0 heterocycles. The molecule has 2 aromatic rings. The predicted octanol–water partition coefficient (Wildman–Crippen LogP) is 3.83. The van der Waals surface area contributed by atoms with Gasteiger partial charge >= 0.3 is 5.97 Å². The normalized spacial score (nSPS) is 10.2.